The lowest BCUT2D eigenvalue weighted by Crippen LogP contribution is -2.28. The third-order valence-corrected chi connectivity index (χ3v) is 5.90. The summed E-state index contributed by atoms with van der Waals surface area (Å²) in [7, 11) is -3.94. The van der Waals surface area contributed by atoms with Crippen molar-refractivity contribution in [1.29, 1.82) is 0 Å². The number of rotatable bonds is 6. The maximum absolute atomic E-state index is 14.3. The van der Waals surface area contributed by atoms with Crippen LogP contribution in [-0.2, 0) is 25.2 Å². The van der Waals surface area contributed by atoms with Gasteiger partial charge in [-0.1, -0.05) is 12.1 Å². The van der Waals surface area contributed by atoms with Crippen molar-refractivity contribution in [3.8, 4) is 11.3 Å². The van der Waals surface area contributed by atoms with Crippen molar-refractivity contribution in [1.82, 2.24) is 8.96 Å². The quantitative estimate of drug-likeness (QED) is 0.460. The van der Waals surface area contributed by atoms with Gasteiger partial charge in [-0.25, -0.2) is 26.4 Å². The van der Waals surface area contributed by atoms with Crippen LogP contribution in [0.3, 0.4) is 0 Å². The van der Waals surface area contributed by atoms with E-state index in [0.29, 0.717) is 17.7 Å². The zero-order valence-electron chi connectivity index (χ0n) is 17.7. The second kappa shape index (κ2) is 10.2. The molecule has 2 heterocycles. The number of aromatic nitrogens is 2. The maximum atomic E-state index is 14.3. The summed E-state index contributed by atoms with van der Waals surface area (Å²) in [5.41, 5.74) is 6.33. The Hall–Kier alpha value is -3.83. The minimum atomic E-state index is -3.94. The van der Waals surface area contributed by atoms with Gasteiger partial charge < -0.3 is 15.9 Å². The van der Waals surface area contributed by atoms with Crippen LogP contribution in [0.5, 0.6) is 0 Å². The van der Waals surface area contributed by atoms with E-state index in [-0.39, 0.29) is 16.2 Å². The van der Waals surface area contributed by atoms with Crippen LogP contribution in [-0.4, -0.2) is 39.5 Å². The SMILES string of the molecule is CC(C)(N)c1cc(-c2ccccc2F)n(S(=O)(=O)c2cccnc2)c1.O=C(O)/C=C/C(=O)O. The average molecular weight is 475 g/mol. The van der Waals surface area contributed by atoms with E-state index in [1.165, 1.54) is 42.9 Å². The van der Waals surface area contributed by atoms with Crippen molar-refractivity contribution < 1.29 is 32.6 Å². The highest BCUT2D eigenvalue weighted by molar-refractivity contribution is 7.90. The molecule has 33 heavy (non-hydrogen) atoms. The Morgan fingerprint density at radius 3 is 2.18 bits per heavy atom. The molecule has 0 aliphatic heterocycles. The highest BCUT2D eigenvalue weighted by atomic mass is 32.2. The number of pyridine rings is 1. The lowest BCUT2D eigenvalue weighted by atomic mass is 9.98. The number of nitrogens with two attached hydrogens (primary N) is 1. The number of hydrogen-bond donors (Lipinski definition) is 3. The summed E-state index contributed by atoms with van der Waals surface area (Å²) in [6, 6.07) is 10.6. The molecule has 2 aromatic heterocycles. The number of carbonyl (C=O) groups is 2. The summed E-state index contributed by atoms with van der Waals surface area (Å²) >= 11 is 0. The molecule has 0 unspecified atom stereocenters. The van der Waals surface area contributed by atoms with Gasteiger partial charge in [0.1, 0.15) is 10.7 Å². The van der Waals surface area contributed by atoms with Crippen LogP contribution < -0.4 is 5.73 Å². The summed E-state index contributed by atoms with van der Waals surface area (Å²) in [6.07, 6.45) is 5.30. The molecule has 0 aliphatic rings. The van der Waals surface area contributed by atoms with E-state index in [9.17, 15) is 22.4 Å². The first-order valence-corrected chi connectivity index (χ1v) is 10.8. The van der Waals surface area contributed by atoms with Crippen LogP contribution >= 0.6 is 0 Å². The molecular weight excluding hydrogens is 453 g/mol. The number of benzene rings is 1. The first kappa shape index (κ1) is 25.4. The Bertz CT molecular complexity index is 1260. The number of halogens is 1. The molecule has 3 rings (SSSR count). The maximum Gasteiger partial charge on any atom is 0.328 e. The Kier molecular flexibility index (Phi) is 7.85. The van der Waals surface area contributed by atoms with Gasteiger partial charge in [0, 0.05) is 41.8 Å². The van der Waals surface area contributed by atoms with Crippen LogP contribution in [0.15, 0.2) is 78.1 Å². The van der Waals surface area contributed by atoms with E-state index in [0.717, 1.165) is 3.97 Å². The molecule has 0 amide bonds. The van der Waals surface area contributed by atoms with Crippen LogP contribution in [0, 0.1) is 5.82 Å². The average Bonchev–Trinajstić information content (AvgIpc) is 3.20. The van der Waals surface area contributed by atoms with E-state index in [2.05, 4.69) is 4.98 Å². The van der Waals surface area contributed by atoms with Crippen molar-refractivity contribution in [2.45, 2.75) is 24.3 Å². The number of carboxylic acid groups (broad SMARTS) is 2. The zero-order chi connectivity index (χ0) is 24.8. The molecule has 0 spiro atoms. The van der Waals surface area contributed by atoms with Gasteiger partial charge >= 0.3 is 11.9 Å². The first-order chi connectivity index (χ1) is 15.3. The van der Waals surface area contributed by atoms with Gasteiger partial charge in [0.15, 0.2) is 0 Å². The normalized spacial score (nSPS) is 11.6. The molecule has 0 bridgehead atoms. The van der Waals surface area contributed by atoms with E-state index in [1.54, 1.807) is 32.0 Å². The number of aliphatic carboxylic acids is 2. The third-order valence-electron chi connectivity index (χ3n) is 4.24. The molecule has 4 N–H and O–H groups in total. The van der Waals surface area contributed by atoms with Crippen molar-refractivity contribution in [2.75, 3.05) is 0 Å². The minimum Gasteiger partial charge on any atom is -0.478 e. The molecule has 3 aromatic rings. The van der Waals surface area contributed by atoms with E-state index >= 15 is 0 Å². The van der Waals surface area contributed by atoms with E-state index < -0.39 is 33.3 Å². The fourth-order valence-electron chi connectivity index (χ4n) is 2.62. The predicted molar refractivity (Wildman–Crippen MR) is 118 cm³/mol. The van der Waals surface area contributed by atoms with Gasteiger partial charge in [-0.2, -0.15) is 0 Å². The molecule has 9 nitrogen and oxygen atoms in total. The smallest absolute Gasteiger partial charge is 0.328 e. The molecule has 1 aromatic carbocycles. The molecule has 174 valence electrons. The Balaban J connectivity index is 0.000000414. The van der Waals surface area contributed by atoms with Gasteiger partial charge in [0.2, 0.25) is 0 Å². The highest BCUT2D eigenvalue weighted by Gasteiger charge is 2.26. The molecular formula is C22H22FN3O6S. The molecule has 0 radical (unpaired) electrons. The molecule has 0 saturated heterocycles. The summed E-state index contributed by atoms with van der Waals surface area (Å²) in [6.45, 7) is 3.52. The number of carboxylic acids is 2. The van der Waals surface area contributed by atoms with Crippen LogP contribution in [0.25, 0.3) is 11.3 Å². The fraction of sp³-hybridized carbons (Fsp3) is 0.136. The van der Waals surface area contributed by atoms with Gasteiger partial charge in [0.05, 0.1) is 5.69 Å². The largest absolute Gasteiger partial charge is 0.478 e. The Labute approximate surface area is 189 Å². The Morgan fingerprint density at radius 1 is 1.09 bits per heavy atom. The second-order valence-corrected chi connectivity index (χ2v) is 9.13. The second-order valence-electron chi connectivity index (χ2n) is 7.31. The van der Waals surface area contributed by atoms with Gasteiger partial charge in [-0.05, 0) is 49.7 Å². The van der Waals surface area contributed by atoms with Gasteiger partial charge in [0.25, 0.3) is 10.0 Å². The summed E-state index contributed by atoms with van der Waals surface area (Å²) in [4.78, 5) is 23.0. The minimum absolute atomic E-state index is 0.0181. The summed E-state index contributed by atoms with van der Waals surface area (Å²) in [5.74, 6) is -3.02. The lowest BCUT2D eigenvalue weighted by Gasteiger charge is -2.16. The molecule has 11 heteroatoms. The molecule has 0 aliphatic carbocycles. The zero-order valence-corrected chi connectivity index (χ0v) is 18.5. The Morgan fingerprint density at radius 2 is 1.70 bits per heavy atom. The molecule has 0 atom stereocenters. The molecule has 0 saturated carbocycles. The van der Waals surface area contributed by atoms with Crippen molar-refractivity contribution in [3.05, 3.63) is 84.6 Å². The van der Waals surface area contributed by atoms with Crippen LogP contribution in [0.2, 0.25) is 0 Å². The summed E-state index contributed by atoms with van der Waals surface area (Å²) < 4.78 is 41.4. The van der Waals surface area contributed by atoms with Crippen molar-refractivity contribution in [3.63, 3.8) is 0 Å². The van der Waals surface area contributed by atoms with Crippen molar-refractivity contribution >= 4 is 22.0 Å². The van der Waals surface area contributed by atoms with E-state index in [4.69, 9.17) is 15.9 Å². The lowest BCUT2D eigenvalue weighted by molar-refractivity contribution is -0.134. The van der Waals surface area contributed by atoms with Crippen LogP contribution in [0.4, 0.5) is 4.39 Å². The monoisotopic (exact) mass is 475 g/mol. The third kappa shape index (κ3) is 6.57. The number of hydrogen-bond acceptors (Lipinski definition) is 6. The van der Waals surface area contributed by atoms with E-state index in [1.807, 2.05) is 0 Å². The van der Waals surface area contributed by atoms with Gasteiger partial charge in [-0.15, -0.1) is 0 Å². The highest BCUT2D eigenvalue weighted by Crippen LogP contribution is 2.31. The van der Waals surface area contributed by atoms with Crippen LogP contribution in [0.1, 0.15) is 19.4 Å². The fourth-order valence-corrected chi connectivity index (χ4v) is 3.95. The number of nitrogens with zero attached hydrogens (tertiary/aromatic N) is 2. The summed E-state index contributed by atoms with van der Waals surface area (Å²) in [5, 5.41) is 15.6. The van der Waals surface area contributed by atoms with Gasteiger partial charge in [-0.3, -0.25) is 4.98 Å². The predicted octanol–water partition coefficient (Wildman–Crippen LogP) is 2.83. The molecule has 0 fully saturated rings. The standard InChI is InChI=1S/C18H18FN3O2S.C4H4O4/c1-18(2,20)13-10-17(15-7-3-4-8-16(15)19)22(12-13)25(23,24)14-6-5-9-21-11-14;5-3(6)1-2-4(7)8/h3-12H,20H2,1-2H3;1-2H,(H,5,6)(H,7,8)/b;2-1+. The van der Waals surface area contributed by atoms with Crippen molar-refractivity contribution in [2.24, 2.45) is 5.73 Å². The first-order valence-electron chi connectivity index (χ1n) is 9.40. The topological polar surface area (TPSA) is 153 Å².